The van der Waals surface area contributed by atoms with Crippen molar-refractivity contribution in [3.63, 3.8) is 0 Å². The number of ether oxygens (including phenoxy) is 1. The van der Waals surface area contributed by atoms with Gasteiger partial charge >= 0.3 is 12.0 Å². The largest absolute Gasteiger partial charge is 0.463 e. The lowest BCUT2D eigenvalue weighted by Gasteiger charge is -2.42. The van der Waals surface area contributed by atoms with E-state index in [-0.39, 0.29) is 24.6 Å². The van der Waals surface area contributed by atoms with Gasteiger partial charge in [-0.05, 0) is 49.7 Å². The second-order valence-corrected chi connectivity index (χ2v) is 9.98. The Balaban J connectivity index is 1.60. The summed E-state index contributed by atoms with van der Waals surface area (Å²) < 4.78 is 5.40. The number of esters is 1. The fourth-order valence-electron chi connectivity index (χ4n) is 4.79. The summed E-state index contributed by atoms with van der Waals surface area (Å²) in [5.41, 5.74) is 2.11. The summed E-state index contributed by atoms with van der Waals surface area (Å²) in [4.78, 5) is 44.7. The van der Waals surface area contributed by atoms with Gasteiger partial charge in [0.15, 0.2) is 0 Å². The Hall–Kier alpha value is -3.07. The van der Waals surface area contributed by atoms with E-state index in [0.29, 0.717) is 58.6 Å². The van der Waals surface area contributed by atoms with Crippen LogP contribution in [0.1, 0.15) is 35.8 Å². The van der Waals surface area contributed by atoms with Gasteiger partial charge < -0.3 is 15.0 Å². The van der Waals surface area contributed by atoms with Crippen LogP contribution in [0.2, 0.25) is 10.0 Å². The monoisotopic (exact) mass is 544 g/mol. The van der Waals surface area contributed by atoms with Crippen molar-refractivity contribution in [2.24, 2.45) is 0 Å². The van der Waals surface area contributed by atoms with E-state index in [1.807, 2.05) is 17.9 Å². The average Bonchev–Trinajstić information content (AvgIpc) is 2.87. The lowest BCUT2D eigenvalue weighted by Crippen LogP contribution is -2.56. The second kappa shape index (κ2) is 11.5. The van der Waals surface area contributed by atoms with Gasteiger partial charge in [0.1, 0.15) is 0 Å². The molecule has 0 aliphatic carbocycles. The molecule has 2 atom stereocenters. The van der Waals surface area contributed by atoms with Gasteiger partial charge in [-0.3, -0.25) is 14.6 Å². The number of rotatable bonds is 6. The smallest absolute Gasteiger partial charge is 0.338 e. The summed E-state index contributed by atoms with van der Waals surface area (Å²) in [7, 11) is 1.64. The van der Waals surface area contributed by atoms with Gasteiger partial charge in [-0.15, -0.1) is 0 Å². The molecule has 2 aliphatic rings. The lowest BCUT2D eigenvalue weighted by molar-refractivity contribution is -0.139. The zero-order valence-electron chi connectivity index (χ0n) is 21.0. The van der Waals surface area contributed by atoms with Gasteiger partial charge in [-0.2, -0.15) is 0 Å². The van der Waals surface area contributed by atoms with Crippen LogP contribution in [0.25, 0.3) is 0 Å². The van der Waals surface area contributed by atoms with Crippen LogP contribution in [-0.2, 0) is 9.53 Å². The van der Waals surface area contributed by atoms with Gasteiger partial charge in [-0.25, -0.2) is 9.59 Å². The van der Waals surface area contributed by atoms with Crippen molar-refractivity contribution in [3.05, 3.63) is 81.0 Å². The SMILES string of the molecule is CCOC(=O)C1=C(CN2CCN(C(=O)c3ccc(Cl)cc3)[C@H](C)C2)N(C)C(=O)N[C@@H]1c1ccccc1Cl. The quantitative estimate of drug-likeness (QED) is 0.546. The van der Waals surface area contributed by atoms with Crippen molar-refractivity contribution < 1.29 is 19.1 Å². The predicted octanol–water partition coefficient (Wildman–Crippen LogP) is 4.35. The first-order chi connectivity index (χ1) is 17.7. The van der Waals surface area contributed by atoms with Gasteiger partial charge in [-0.1, -0.05) is 41.4 Å². The number of urea groups is 1. The van der Waals surface area contributed by atoms with E-state index in [1.54, 1.807) is 56.4 Å². The van der Waals surface area contributed by atoms with Crippen LogP contribution in [0, 0.1) is 0 Å². The number of piperazine rings is 1. The Morgan fingerprint density at radius 3 is 2.43 bits per heavy atom. The van der Waals surface area contributed by atoms with E-state index in [9.17, 15) is 14.4 Å². The molecule has 2 aromatic carbocycles. The Labute approximate surface area is 226 Å². The number of likely N-dealkylation sites (N-methyl/N-ethyl adjacent to an activating group) is 1. The van der Waals surface area contributed by atoms with Crippen molar-refractivity contribution >= 4 is 41.1 Å². The Morgan fingerprint density at radius 1 is 1.08 bits per heavy atom. The van der Waals surface area contributed by atoms with Crippen molar-refractivity contribution in [2.75, 3.05) is 39.8 Å². The van der Waals surface area contributed by atoms with Gasteiger partial charge in [0.05, 0.1) is 18.2 Å². The minimum Gasteiger partial charge on any atom is -0.463 e. The lowest BCUT2D eigenvalue weighted by atomic mass is 9.94. The minimum absolute atomic E-state index is 0.0526. The zero-order chi connectivity index (χ0) is 26.7. The third-order valence-electron chi connectivity index (χ3n) is 6.73. The molecule has 0 spiro atoms. The van der Waals surface area contributed by atoms with Gasteiger partial charge in [0.25, 0.3) is 5.91 Å². The third-order valence-corrected chi connectivity index (χ3v) is 7.32. The van der Waals surface area contributed by atoms with Crippen LogP contribution in [0.3, 0.4) is 0 Å². The van der Waals surface area contributed by atoms with E-state index < -0.39 is 12.0 Å². The standard InChI is InChI=1S/C27H30Cl2N4O4/c1-4-37-26(35)23-22(31(3)27(36)30-24(23)20-7-5-6-8-21(20)29)16-32-13-14-33(17(2)15-32)25(34)18-9-11-19(28)12-10-18/h5-12,17,24H,4,13-16H2,1-3H3,(H,30,36)/t17-,24-/m1/s1. The van der Waals surface area contributed by atoms with Crippen LogP contribution in [0.5, 0.6) is 0 Å². The molecule has 3 amide bonds. The highest BCUT2D eigenvalue weighted by molar-refractivity contribution is 6.31. The molecule has 0 bridgehead atoms. The molecule has 0 saturated carbocycles. The summed E-state index contributed by atoms with van der Waals surface area (Å²) in [6.07, 6.45) is 0. The summed E-state index contributed by atoms with van der Waals surface area (Å²) in [6.45, 7) is 5.93. The number of nitrogens with zero attached hydrogens (tertiary/aromatic N) is 3. The normalized spacial score (nSPS) is 20.6. The second-order valence-electron chi connectivity index (χ2n) is 9.13. The molecule has 1 N–H and O–H groups in total. The van der Waals surface area contributed by atoms with E-state index in [0.717, 1.165) is 0 Å². The van der Waals surface area contributed by atoms with Crippen LogP contribution >= 0.6 is 23.2 Å². The number of benzene rings is 2. The number of carbonyl (C=O) groups excluding carboxylic acids is 3. The molecule has 1 saturated heterocycles. The molecule has 0 unspecified atom stereocenters. The van der Waals surface area contributed by atoms with Crippen molar-refractivity contribution in [2.45, 2.75) is 25.9 Å². The topological polar surface area (TPSA) is 82.2 Å². The molecule has 2 aromatic rings. The molecular weight excluding hydrogens is 515 g/mol. The van der Waals surface area contributed by atoms with E-state index >= 15 is 0 Å². The van der Waals surface area contributed by atoms with Crippen molar-refractivity contribution in [1.29, 1.82) is 0 Å². The van der Waals surface area contributed by atoms with Crippen LogP contribution in [0.4, 0.5) is 4.79 Å². The maximum Gasteiger partial charge on any atom is 0.338 e. The Kier molecular flexibility index (Phi) is 8.42. The molecule has 196 valence electrons. The van der Waals surface area contributed by atoms with E-state index in [4.69, 9.17) is 27.9 Å². The summed E-state index contributed by atoms with van der Waals surface area (Å²) >= 11 is 12.4. The fourth-order valence-corrected chi connectivity index (χ4v) is 5.16. The minimum atomic E-state index is -0.739. The molecule has 2 aliphatic heterocycles. The molecule has 0 aromatic heterocycles. The number of halogens is 2. The predicted molar refractivity (Wildman–Crippen MR) is 143 cm³/mol. The van der Waals surface area contributed by atoms with E-state index in [2.05, 4.69) is 10.2 Å². The summed E-state index contributed by atoms with van der Waals surface area (Å²) in [6, 6.07) is 12.8. The molecule has 1 fully saturated rings. The highest BCUT2D eigenvalue weighted by atomic mass is 35.5. The van der Waals surface area contributed by atoms with Gasteiger partial charge in [0.2, 0.25) is 0 Å². The Bertz CT molecular complexity index is 1220. The number of hydrogen-bond acceptors (Lipinski definition) is 5. The highest BCUT2D eigenvalue weighted by Gasteiger charge is 2.39. The molecule has 10 heteroatoms. The maximum absolute atomic E-state index is 13.2. The van der Waals surface area contributed by atoms with Gasteiger partial charge in [0, 0.05) is 60.6 Å². The van der Waals surface area contributed by atoms with Crippen molar-refractivity contribution in [1.82, 2.24) is 20.0 Å². The summed E-state index contributed by atoms with van der Waals surface area (Å²) in [5.74, 6) is -0.554. The Morgan fingerprint density at radius 2 is 1.78 bits per heavy atom. The maximum atomic E-state index is 13.2. The first-order valence-corrected chi connectivity index (χ1v) is 12.9. The molecule has 37 heavy (non-hydrogen) atoms. The first kappa shape index (κ1) is 27.0. The van der Waals surface area contributed by atoms with Crippen LogP contribution in [-0.4, -0.2) is 78.5 Å². The van der Waals surface area contributed by atoms with Crippen LogP contribution < -0.4 is 5.32 Å². The fraction of sp³-hybridized carbons (Fsp3) is 0.370. The molecule has 4 rings (SSSR count). The van der Waals surface area contributed by atoms with Crippen molar-refractivity contribution in [3.8, 4) is 0 Å². The molecule has 2 heterocycles. The molecular formula is C27H30Cl2N4O4. The highest BCUT2D eigenvalue weighted by Crippen LogP contribution is 2.35. The summed E-state index contributed by atoms with van der Waals surface area (Å²) in [5, 5.41) is 3.92. The zero-order valence-corrected chi connectivity index (χ0v) is 22.6. The first-order valence-electron chi connectivity index (χ1n) is 12.2. The average molecular weight is 545 g/mol. The number of carbonyl (C=O) groups is 3. The van der Waals surface area contributed by atoms with E-state index in [1.165, 1.54) is 4.90 Å². The molecule has 8 nitrogen and oxygen atoms in total. The number of amides is 3. The number of hydrogen-bond donors (Lipinski definition) is 1. The number of nitrogens with one attached hydrogen (secondary N) is 1. The molecule has 0 radical (unpaired) electrons. The third kappa shape index (κ3) is 5.76. The van der Waals surface area contributed by atoms with Crippen LogP contribution in [0.15, 0.2) is 59.8 Å².